The maximum Gasteiger partial charge on any atom is 0.306 e. The van der Waals surface area contributed by atoms with Gasteiger partial charge in [-0.1, -0.05) is 88.1 Å². The van der Waals surface area contributed by atoms with Gasteiger partial charge in [-0.3, -0.25) is 9.59 Å². The van der Waals surface area contributed by atoms with Gasteiger partial charge < -0.3 is 39.4 Å². The summed E-state index contributed by atoms with van der Waals surface area (Å²) < 4.78 is 21.8. The van der Waals surface area contributed by atoms with Crippen molar-refractivity contribution >= 4 is 11.9 Å². The molecule has 0 radical (unpaired) electrons. The minimum absolute atomic E-state index is 0.176. The molecular formula is C35H58O10. The first-order chi connectivity index (χ1) is 21.8. The first-order valence-corrected chi connectivity index (χ1v) is 16.7. The van der Waals surface area contributed by atoms with E-state index in [9.17, 15) is 30.0 Å². The molecule has 1 aliphatic heterocycles. The molecule has 0 saturated carbocycles. The van der Waals surface area contributed by atoms with Crippen LogP contribution in [0.1, 0.15) is 104 Å². The van der Waals surface area contributed by atoms with Crippen LogP contribution in [0.5, 0.6) is 0 Å². The highest BCUT2D eigenvalue weighted by Gasteiger charge is 2.44. The van der Waals surface area contributed by atoms with Gasteiger partial charge in [-0.15, -0.1) is 0 Å². The van der Waals surface area contributed by atoms with E-state index in [1.54, 1.807) is 0 Å². The number of carbonyl (C=O) groups is 2. The third-order valence-corrected chi connectivity index (χ3v) is 7.23. The van der Waals surface area contributed by atoms with Gasteiger partial charge in [-0.25, -0.2) is 0 Å². The van der Waals surface area contributed by atoms with Crippen molar-refractivity contribution in [2.24, 2.45) is 0 Å². The van der Waals surface area contributed by atoms with Gasteiger partial charge in [-0.2, -0.15) is 0 Å². The molecule has 0 spiro atoms. The molecule has 1 heterocycles. The number of hydrogen-bond acceptors (Lipinski definition) is 10. The summed E-state index contributed by atoms with van der Waals surface area (Å²) in [6, 6.07) is 0. The number of allylic oxidation sites excluding steroid dienone is 8. The Morgan fingerprint density at radius 2 is 1.31 bits per heavy atom. The Hall–Kier alpha value is -2.34. The summed E-state index contributed by atoms with van der Waals surface area (Å²) in [6.07, 6.45) is 20.4. The predicted molar refractivity (Wildman–Crippen MR) is 173 cm³/mol. The summed E-state index contributed by atoms with van der Waals surface area (Å²) in [5.41, 5.74) is 0. The van der Waals surface area contributed by atoms with Crippen LogP contribution in [0.2, 0.25) is 0 Å². The standard InChI is InChI=1S/C35H58O10/c1-3-5-7-9-10-11-12-13-14-15-16-17-18-20-22-24-31(38)44-28(26-42-30(37)23-21-19-8-6-4-2)27-43-35-34(41)33(40)32(39)29(25-36)45-35/h5,7,10-11,13-14,16-17,28-29,32-36,39-41H,3-4,6,8-9,12,15,18-27H2,1-2H3/b7-5-,11-10-,14-13-,17-16-. The molecule has 0 aromatic carbocycles. The van der Waals surface area contributed by atoms with Crippen molar-refractivity contribution in [3.8, 4) is 0 Å². The maximum atomic E-state index is 12.6. The fourth-order valence-corrected chi connectivity index (χ4v) is 4.53. The zero-order valence-electron chi connectivity index (χ0n) is 27.3. The summed E-state index contributed by atoms with van der Waals surface area (Å²) in [4.78, 5) is 24.8. The Morgan fingerprint density at radius 3 is 1.96 bits per heavy atom. The Morgan fingerprint density at radius 1 is 0.711 bits per heavy atom. The van der Waals surface area contributed by atoms with Crippen LogP contribution in [-0.2, 0) is 28.5 Å². The molecule has 1 saturated heterocycles. The smallest absolute Gasteiger partial charge is 0.306 e. The van der Waals surface area contributed by atoms with Crippen LogP contribution in [0.4, 0.5) is 0 Å². The fraction of sp³-hybridized carbons (Fsp3) is 0.714. The van der Waals surface area contributed by atoms with Crippen LogP contribution in [0.25, 0.3) is 0 Å². The van der Waals surface area contributed by atoms with Crippen molar-refractivity contribution in [1.29, 1.82) is 0 Å². The zero-order valence-corrected chi connectivity index (χ0v) is 27.3. The van der Waals surface area contributed by atoms with Crippen LogP contribution < -0.4 is 0 Å². The Kier molecular flexibility index (Phi) is 24.3. The van der Waals surface area contributed by atoms with Gasteiger partial charge in [0.15, 0.2) is 12.4 Å². The molecule has 1 fully saturated rings. The molecule has 0 aromatic rings. The molecule has 1 rings (SSSR count). The van der Waals surface area contributed by atoms with Crippen LogP contribution in [0.3, 0.4) is 0 Å². The number of ether oxygens (including phenoxy) is 4. The van der Waals surface area contributed by atoms with E-state index >= 15 is 0 Å². The number of rotatable bonds is 25. The lowest BCUT2D eigenvalue weighted by atomic mass is 9.99. The molecule has 10 heteroatoms. The lowest BCUT2D eigenvalue weighted by Crippen LogP contribution is -2.59. The van der Waals surface area contributed by atoms with E-state index < -0.39 is 55.4 Å². The second kappa shape index (κ2) is 26.8. The number of esters is 2. The zero-order chi connectivity index (χ0) is 33.1. The predicted octanol–water partition coefficient (Wildman–Crippen LogP) is 4.98. The Balaban J connectivity index is 2.46. The largest absolute Gasteiger partial charge is 0.462 e. The molecule has 1 aliphatic rings. The first kappa shape index (κ1) is 40.7. The topological polar surface area (TPSA) is 152 Å². The molecule has 0 amide bonds. The first-order valence-electron chi connectivity index (χ1n) is 16.7. The van der Waals surface area contributed by atoms with Crippen molar-refractivity contribution in [3.63, 3.8) is 0 Å². The van der Waals surface area contributed by atoms with E-state index in [0.717, 1.165) is 64.2 Å². The molecule has 45 heavy (non-hydrogen) atoms. The van der Waals surface area contributed by atoms with Crippen molar-refractivity contribution in [1.82, 2.24) is 0 Å². The van der Waals surface area contributed by atoms with Crippen LogP contribution in [0, 0.1) is 0 Å². The summed E-state index contributed by atoms with van der Waals surface area (Å²) in [5, 5.41) is 39.6. The number of unbranched alkanes of at least 4 members (excludes halogenated alkanes) is 6. The third-order valence-electron chi connectivity index (χ3n) is 7.23. The number of aliphatic hydroxyl groups is 4. The molecule has 6 unspecified atom stereocenters. The van der Waals surface area contributed by atoms with E-state index in [-0.39, 0.29) is 26.1 Å². The average Bonchev–Trinajstić information content (AvgIpc) is 3.03. The number of carbonyl (C=O) groups excluding carboxylic acids is 2. The quantitative estimate of drug-likeness (QED) is 0.0612. The van der Waals surface area contributed by atoms with Crippen molar-refractivity contribution < 1.29 is 49.0 Å². The second-order valence-corrected chi connectivity index (χ2v) is 11.2. The molecule has 6 atom stereocenters. The van der Waals surface area contributed by atoms with Crippen LogP contribution >= 0.6 is 0 Å². The molecule has 0 bridgehead atoms. The van der Waals surface area contributed by atoms with E-state index in [1.165, 1.54) is 0 Å². The molecule has 10 nitrogen and oxygen atoms in total. The minimum Gasteiger partial charge on any atom is -0.462 e. The summed E-state index contributed by atoms with van der Waals surface area (Å²) in [7, 11) is 0. The second-order valence-electron chi connectivity index (χ2n) is 11.2. The van der Waals surface area contributed by atoms with E-state index in [1.807, 2.05) is 0 Å². The highest BCUT2D eigenvalue weighted by atomic mass is 16.7. The lowest BCUT2D eigenvalue weighted by molar-refractivity contribution is -0.305. The highest BCUT2D eigenvalue weighted by Crippen LogP contribution is 2.22. The van der Waals surface area contributed by atoms with E-state index in [4.69, 9.17) is 18.9 Å². The summed E-state index contributed by atoms with van der Waals surface area (Å²) in [6.45, 7) is 3.12. The minimum atomic E-state index is -1.60. The fourth-order valence-electron chi connectivity index (χ4n) is 4.53. The van der Waals surface area contributed by atoms with Gasteiger partial charge in [0.25, 0.3) is 0 Å². The number of aliphatic hydroxyl groups excluding tert-OH is 4. The van der Waals surface area contributed by atoms with Crippen molar-refractivity contribution in [2.75, 3.05) is 19.8 Å². The van der Waals surface area contributed by atoms with Crippen molar-refractivity contribution in [3.05, 3.63) is 48.6 Å². The van der Waals surface area contributed by atoms with Gasteiger partial charge in [0.2, 0.25) is 0 Å². The van der Waals surface area contributed by atoms with Gasteiger partial charge in [0, 0.05) is 12.8 Å². The normalized spacial score (nSPS) is 23.0. The SMILES string of the molecule is CC/C=C\C/C=C\C/C=C\C/C=C\CCCCC(=O)OC(COC(=O)CCCCCCC)COC1OC(CO)C(O)C(O)C1O. The number of hydrogen-bond donors (Lipinski definition) is 4. The van der Waals surface area contributed by atoms with E-state index in [2.05, 4.69) is 62.5 Å². The molecule has 0 aliphatic carbocycles. The van der Waals surface area contributed by atoms with Crippen molar-refractivity contribution in [2.45, 2.75) is 141 Å². The summed E-state index contributed by atoms with van der Waals surface area (Å²) >= 11 is 0. The van der Waals surface area contributed by atoms with Gasteiger partial charge >= 0.3 is 11.9 Å². The Labute approximate surface area is 269 Å². The Bertz CT molecular complexity index is 882. The van der Waals surface area contributed by atoms with Gasteiger partial charge in [-0.05, 0) is 51.4 Å². The lowest BCUT2D eigenvalue weighted by Gasteiger charge is -2.39. The molecular weight excluding hydrogens is 580 g/mol. The van der Waals surface area contributed by atoms with Crippen LogP contribution in [-0.4, -0.2) is 89.0 Å². The third kappa shape index (κ3) is 19.7. The monoisotopic (exact) mass is 638 g/mol. The molecule has 258 valence electrons. The van der Waals surface area contributed by atoms with Gasteiger partial charge in [0.1, 0.15) is 31.0 Å². The van der Waals surface area contributed by atoms with Gasteiger partial charge in [0.05, 0.1) is 13.2 Å². The highest BCUT2D eigenvalue weighted by molar-refractivity contribution is 5.70. The maximum absolute atomic E-state index is 12.6. The average molecular weight is 639 g/mol. The van der Waals surface area contributed by atoms with E-state index in [0.29, 0.717) is 12.8 Å². The summed E-state index contributed by atoms with van der Waals surface area (Å²) in [5.74, 6) is -0.878. The molecule has 0 aromatic heterocycles. The van der Waals surface area contributed by atoms with Crippen LogP contribution in [0.15, 0.2) is 48.6 Å². The molecule has 4 N–H and O–H groups in total.